The quantitative estimate of drug-likeness (QED) is 0.925. The topological polar surface area (TPSA) is 29.5 Å². The number of aryl methyl sites for hydroxylation is 1. The molecule has 0 saturated heterocycles. The highest BCUT2D eigenvalue weighted by atomic mass is 32.2. The van der Waals surface area contributed by atoms with Gasteiger partial charge in [0.15, 0.2) is 0 Å². The van der Waals surface area contributed by atoms with E-state index in [1.54, 1.807) is 11.3 Å². The molecule has 4 heteroatoms. The van der Waals surface area contributed by atoms with Gasteiger partial charge in [0.2, 0.25) is 0 Å². The molecule has 1 aromatic carbocycles. The number of thioether (sulfide) groups is 1. The van der Waals surface area contributed by atoms with E-state index in [9.17, 15) is 5.11 Å². The number of aliphatic hydroxyl groups is 1. The van der Waals surface area contributed by atoms with Crippen LogP contribution < -0.4 is 4.74 Å². The van der Waals surface area contributed by atoms with Crippen LogP contribution in [0.3, 0.4) is 0 Å². The molecule has 2 heterocycles. The number of fused-ring (bicyclic) bond motifs is 1. The largest absolute Gasteiger partial charge is 0.493 e. The van der Waals surface area contributed by atoms with E-state index in [1.807, 2.05) is 43.0 Å². The Bertz CT molecular complexity index is 568. The highest BCUT2D eigenvalue weighted by molar-refractivity contribution is 7.98. The Morgan fingerprint density at radius 3 is 3.00 bits per heavy atom. The van der Waals surface area contributed by atoms with Crippen LogP contribution in [0, 0.1) is 0 Å². The molecule has 0 radical (unpaired) electrons. The maximum Gasteiger partial charge on any atom is 0.125 e. The summed E-state index contributed by atoms with van der Waals surface area (Å²) < 4.78 is 5.62. The van der Waals surface area contributed by atoms with Crippen LogP contribution in [0.5, 0.6) is 5.75 Å². The zero-order valence-corrected chi connectivity index (χ0v) is 13.1. The van der Waals surface area contributed by atoms with E-state index in [-0.39, 0.29) is 0 Å². The van der Waals surface area contributed by atoms with Crippen molar-refractivity contribution in [2.75, 3.05) is 12.4 Å². The van der Waals surface area contributed by atoms with Gasteiger partial charge < -0.3 is 9.84 Å². The predicted octanol–water partition coefficient (Wildman–Crippen LogP) is 4.02. The van der Waals surface area contributed by atoms with Crippen molar-refractivity contribution in [1.82, 2.24) is 0 Å². The lowest BCUT2D eigenvalue weighted by Gasteiger charge is -2.14. The summed E-state index contributed by atoms with van der Waals surface area (Å²) in [6, 6.07) is 9.93. The predicted molar refractivity (Wildman–Crippen MR) is 85.9 cm³/mol. The molecule has 2 aromatic rings. The van der Waals surface area contributed by atoms with Gasteiger partial charge >= 0.3 is 0 Å². The number of ether oxygens (including phenoxy) is 1. The van der Waals surface area contributed by atoms with Crippen molar-refractivity contribution >= 4 is 23.1 Å². The minimum absolute atomic E-state index is 0.585. The second-order valence-electron chi connectivity index (χ2n) is 4.77. The Kier molecular flexibility index (Phi) is 4.34. The van der Waals surface area contributed by atoms with Crippen LogP contribution in [0.15, 0.2) is 30.3 Å². The number of para-hydroxylation sites is 1. The van der Waals surface area contributed by atoms with Gasteiger partial charge in [-0.05, 0) is 36.8 Å². The summed E-state index contributed by atoms with van der Waals surface area (Å²) in [5.41, 5.74) is 2.26. The van der Waals surface area contributed by atoms with Gasteiger partial charge in [0.05, 0.1) is 6.61 Å². The second kappa shape index (κ2) is 6.20. The first-order valence-corrected chi connectivity index (χ1v) is 8.85. The highest BCUT2D eigenvalue weighted by Gasteiger charge is 2.21. The Balaban J connectivity index is 1.92. The molecule has 20 heavy (non-hydrogen) atoms. The number of aliphatic hydroxyl groups excluding tert-OH is 1. The zero-order chi connectivity index (χ0) is 13.9. The molecule has 0 bridgehead atoms. The Morgan fingerprint density at radius 2 is 2.20 bits per heavy atom. The summed E-state index contributed by atoms with van der Waals surface area (Å²) in [4.78, 5) is 2.47. The fourth-order valence-electron chi connectivity index (χ4n) is 2.45. The first-order chi connectivity index (χ1) is 9.79. The number of thiophene rings is 1. The molecule has 0 saturated carbocycles. The van der Waals surface area contributed by atoms with Gasteiger partial charge in [0, 0.05) is 21.1 Å². The number of hydrogen-bond donors (Lipinski definition) is 1. The standard InChI is InChI=1S/C16H18O2S2/c1-2-18-13-6-4-3-5-12(13)16(17)15-9-11-10-19-8-7-14(11)20-15/h3-6,9,16-17H,2,7-8,10H2,1H3. The highest BCUT2D eigenvalue weighted by Crippen LogP contribution is 2.38. The maximum absolute atomic E-state index is 10.7. The molecule has 2 nitrogen and oxygen atoms in total. The summed E-state index contributed by atoms with van der Waals surface area (Å²) in [6.07, 6.45) is 0.545. The van der Waals surface area contributed by atoms with E-state index in [2.05, 4.69) is 6.07 Å². The summed E-state index contributed by atoms with van der Waals surface area (Å²) >= 11 is 3.72. The van der Waals surface area contributed by atoms with E-state index < -0.39 is 6.10 Å². The molecule has 0 spiro atoms. The third-order valence-electron chi connectivity index (χ3n) is 3.43. The van der Waals surface area contributed by atoms with E-state index in [0.717, 1.165) is 28.4 Å². The third-order valence-corrected chi connectivity index (χ3v) is 5.73. The minimum atomic E-state index is -0.585. The average Bonchev–Trinajstić information content (AvgIpc) is 2.91. The lowest BCUT2D eigenvalue weighted by Crippen LogP contribution is -2.02. The lowest BCUT2D eigenvalue weighted by molar-refractivity contribution is 0.215. The number of rotatable bonds is 4. The molecule has 1 aliphatic rings. The third kappa shape index (κ3) is 2.73. The molecule has 1 aliphatic heterocycles. The first kappa shape index (κ1) is 14.0. The monoisotopic (exact) mass is 306 g/mol. The number of hydrogen-bond acceptors (Lipinski definition) is 4. The molecule has 0 aliphatic carbocycles. The van der Waals surface area contributed by atoms with Gasteiger partial charge in [-0.3, -0.25) is 0 Å². The molecule has 106 valence electrons. The molecule has 3 rings (SSSR count). The molecule has 1 atom stereocenters. The van der Waals surface area contributed by atoms with Crippen molar-refractivity contribution in [3.05, 3.63) is 51.2 Å². The fourth-order valence-corrected chi connectivity index (χ4v) is 4.83. The lowest BCUT2D eigenvalue weighted by atomic mass is 10.1. The Hall–Kier alpha value is -0.970. The smallest absolute Gasteiger partial charge is 0.125 e. The van der Waals surface area contributed by atoms with Gasteiger partial charge in [-0.2, -0.15) is 11.8 Å². The van der Waals surface area contributed by atoms with E-state index in [0.29, 0.717) is 6.61 Å². The summed E-state index contributed by atoms with van der Waals surface area (Å²) in [7, 11) is 0. The van der Waals surface area contributed by atoms with Crippen LogP contribution in [-0.2, 0) is 12.2 Å². The Labute approximate surface area is 127 Å². The average molecular weight is 306 g/mol. The molecule has 0 fully saturated rings. The van der Waals surface area contributed by atoms with Crippen molar-refractivity contribution < 1.29 is 9.84 Å². The van der Waals surface area contributed by atoms with Crippen LogP contribution in [0.25, 0.3) is 0 Å². The van der Waals surface area contributed by atoms with Crippen molar-refractivity contribution in [3.8, 4) is 5.75 Å². The van der Waals surface area contributed by atoms with Crippen molar-refractivity contribution in [2.24, 2.45) is 0 Å². The van der Waals surface area contributed by atoms with Crippen molar-refractivity contribution in [2.45, 2.75) is 25.2 Å². The molecule has 1 unspecified atom stereocenters. The Morgan fingerprint density at radius 1 is 1.35 bits per heavy atom. The molecular formula is C16H18O2S2. The van der Waals surface area contributed by atoms with E-state index >= 15 is 0 Å². The molecule has 0 amide bonds. The van der Waals surface area contributed by atoms with Crippen molar-refractivity contribution in [1.29, 1.82) is 0 Å². The van der Waals surface area contributed by atoms with Gasteiger partial charge in [0.1, 0.15) is 11.9 Å². The van der Waals surface area contributed by atoms with Crippen LogP contribution in [-0.4, -0.2) is 17.5 Å². The summed E-state index contributed by atoms with van der Waals surface area (Å²) in [5, 5.41) is 10.7. The second-order valence-corrected chi connectivity index (χ2v) is 7.05. The van der Waals surface area contributed by atoms with Crippen LogP contribution >= 0.6 is 23.1 Å². The maximum atomic E-state index is 10.7. The summed E-state index contributed by atoms with van der Waals surface area (Å²) in [5.74, 6) is 3.05. The molecule has 1 N–H and O–H groups in total. The molecular weight excluding hydrogens is 288 g/mol. The van der Waals surface area contributed by atoms with E-state index in [1.165, 1.54) is 16.2 Å². The van der Waals surface area contributed by atoms with Gasteiger partial charge in [-0.15, -0.1) is 11.3 Å². The fraction of sp³-hybridized carbons (Fsp3) is 0.375. The first-order valence-electron chi connectivity index (χ1n) is 6.88. The summed E-state index contributed by atoms with van der Waals surface area (Å²) in [6.45, 7) is 2.57. The van der Waals surface area contributed by atoms with Gasteiger partial charge in [0.25, 0.3) is 0 Å². The zero-order valence-electron chi connectivity index (χ0n) is 11.5. The normalized spacial score (nSPS) is 15.7. The van der Waals surface area contributed by atoms with E-state index in [4.69, 9.17) is 4.74 Å². The van der Waals surface area contributed by atoms with Gasteiger partial charge in [-0.1, -0.05) is 18.2 Å². The molecule has 1 aromatic heterocycles. The van der Waals surface area contributed by atoms with Crippen molar-refractivity contribution in [3.63, 3.8) is 0 Å². The SMILES string of the molecule is CCOc1ccccc1C(O)c1cc2c(s1)CCSC2. The van der Waals surface area contributed by atoms with Crippen LogP contribution in [0.4, 0.5) is 0 Å². The van der Waals surface area contributed by atoms with Crippen LogP contribution in [0.1, 0.15) is 33.9 Å². The van der Waals surface area contributed by atoms with Crippen LogP contribution in [0.2, 0.25) is 0 Å². The minimum Gasteiger partial charge on any atom is -0.493 e. The number of benzene rings is 1. The van der Waals surface area contributed by atoms with Gasteiger partial charge in [-0.25, -0.2) is 0 Å².